The highest BCUT2D eigenvalue weighted by atomic mass is 79.9. The second kappa shape index (κ2) is 6.00. The van der Waals surface area contributed by atoms with E-state index >= 15 is 0 Å². The highest BCUT2D eigenvalue weighted by molar-refractivity contribution is 9.22. The smallest absolute Gasteiger partial charge is 0.418 e. The Morgan fingerprint density at radius 3 is 2.07 bits per heavy atom. The monoisotopic (exact) mass is 295 g/mol. The largest absolute Gasteiger partial charge is 0.673 e. The number of halogens is 5. The van der Waals surface area contributed by atoms with Crippen molar-refractivity contribution in [1.29, 1.82) is 0 Å². The molecule has 1 aliphatic heterocycles. The molecular weight excluding hydrogens is 285 g/mol. The molecule has 84 valence electrons. The van der Waals surface area contributed by atoms with Crippen LogP contribution in [0.15, 0.2) is 0 Å². The summed E-state index contributed by atoms with van der Waals surface area (Å²) in [6, 6.07) is 0.717. The van der Waals surface area contributed by atoms with Crippen molar-refractivity contribution in [3.8, 4) is 0 Å². The predicted molar refractivity (Wildman–Crippen MR) is 56.8 cm³/mol. The standard InChI is InChI=1S/C6H11BrNS.BF4/c1-3-8-5(2)4-9-6(8)7;2-1(3,4)5/h5H,3-4H2,1-2H3;/q+1;-1. The molecule has 0 aromatic heterocycles. The minimum absolute atomic E-state index is 0.717. The molecule has 0 aliphatic carbocycles. The molecule has 1 heterocycles. The molecule has 0 radical (unpaired) electrons. The summed E-state index contributed by atoms with van der Waals surface area (Å²) in [6.07, 6.45) is 0. The van der Waals surface area contributed by atoms with Gasteiger partial charge < -0.3 is 17.3 Å². The molecular formula is C6H11BBrF4NS. The van der Waals surface area contributed by atoms with Crippen LogP contribution in [-0.2, 0) is 0 Å². The van der Waals surface area contributed by atoms with Crippen LogP contribution < -0.4 is 0 Å². The highest BCUT2D eigenvalue weighted by Gasteiger charge is 2.26. The molecule has 14 heavy (non-hydrogen) atoms. The first-order valence-electron chi connectivity index (χ1n) is 4.05. The van der Waals surface area contributed by atoms with Crippen LogP contribution in [0, 0.1) is 0 Å². The number of thioether (sulfide) groups is 1. The normalized spacial score (nSPS) is 22.1. The molecule has 0 bridgehead atoms. The summed E-state index contributed by atoms with van der Waals surface area (Å²) < 4.78 is 42.7. The lowest BCUT2D eigenvalue weighted by Crippen LogP contribution is -2.21. The van der Waals surface area contributed by atoms with Gasteiger partial charge in [-0.2, -0.15) is 0 Å². The Kier molecular flexibility index (Phi) is 6.12. The topological polar surface area (TPSA) is 3.01 Å². The fourth-order valence-electron chi connectivity index (χ4n) is 0.972. The summed E-state index contributed by atoms with van der Waals surface area (Å²) in [4.78, 5) is 0. The van der Waals surface area contributed by atoms with Gasteiger partial charge in [-0.25, -0.2) is 4.58 Å². The van der Waals surface area contributed by atoms with E-state index in [0.717, 1.165) is 12.6 Å². The second-order valence-electron chi connectivity index (χ2n) is 2.69. The Morgan fingerprint density at radius 2 is 1.93 bits per heavy atom. The number of nitrogens with zero attached hydrogens (tertiary/aromatic N) is 1. The van der Waals surface area contributed by atoms with Gasteiger partial charge in [0, 0.05) is 15.9 Å². The zero-order valence-electron chi connectivity index (χ0n) is 7.81. The van der Waals surface area contributed by atoms with Crippen molar-refractivity contribution in [2.24, 2.45) is 0 Å². The fraction of sp³-hybridized carbons (Fsp3) is 0.833. The first kappa shape index (κ1) is 14.3. The number of hydrogen-bond acceptors (Lipinski definition) is 1. The van der Waals surface area contributed by atoms with E-state index in [1.807, 2.05) is 11.8 Å². The van der Waals surface area contributed by atoms with Gasteiger partial charge in [-0.3, -0.25) is 0 Å². The molecule has 8 heteroatoms. The van der Waals surface area contributed by atoms with Gasteiger partial charge in [-0.1, -0.05) is 0 Å². The maximum absolute atomic E-state index is 9.75. The van der Waals surface area contributed by atoms with Crippen LogP contribution in [-0.4, -0.2) is 34.1 Å². The molecule has 0 spiro atoms. The molecule has 1 nitrogen and oxygen atoms in total. The van der Waals surface area contributed by atoms with Crippen LogP contribution in [0.2, 0.25) is 0 Å². The second-order valence-corrected chi connectivity index (χ2v) is 4.98. The molecule has 0 fully saturated rings. The summed E-state index contributed by atoms with van der Waals surface area (Å²) in [5.41, 5.74) is 0. The molecule has 1 unspecified atom stereocenters. The van der Waals surface area contributed by atoms with E-state index in [2.05, 4.69) is 34.4 Å². The Morgan fingerprint density at radius 1 is 1.50 bits per heavy atom. The van der Waals surface area contributed by atoms with E-state index in [1.165, 1.54) is 9.71 Å². The number of rotatable bonds is 1. The average Bonchev–Trinajstić information content (AvgIpc) is 2.27. The average molecular weight is 296 g/mol. The van der Waals surface area contributed by atoms with Crippen molar-refractivity contribution < 1.29 is 21.8 Å². The zero-order valence-corrected chi connectivity index (χ0v) is 10.2. The van der Waals surface area contributed by atoms with Crippen LogP contribution in [0.4, 0.5) is 17.3 Å². The molecule has 1 aliphatic rings. The van der Waals surface area contributed by atoms with Crippen molar-refractivity contribution in [3.63, 3.8) is 0 Å². The van der Waals surface area contributed by atoms with Crippen LogP contribution in [0.5, 0.6) is 0 Å². The van der Waals surface area contributed by atoms with E-state index in [-0.39, 0.29) is 0 Å². The molecule has 0 saturated carbocycles. The Labute approximate surface area is 93.2 Å². The molecule has 1 atom stereocenters. The van der Waals surface area contributed by atoms with Crippen molar-refractivity contribution in [2.75, 3.05) is 12.3 Å². The first-order valence-corrected chi connectivity index (χ1v) is 5.82. The fourth-order valence-corrected chi connectivity index (χ4v) is 3.00. The summed E-state index contributed by atoms with van der Waals surface area (Å²) in [5.74, 6) is 1.23. The summed E-state index contributed by atoms with van der Waals surface area (Å²) in [7, 11) is -6.00. The van der Waals surface area contributed by atoms with Gasteiger partial charge in [0.1, 0.15) is 6.54 Å². The third-order valence-corrected chi connectivity index (χ3v) is 3.81. The lowest BCUT2D eigenvalue weighted by molar-refractivity contribution is -0.545. The molecule has 0 N–H and O–H groups in total. The minimum Gasteiger partial charge on any atom is -0.418 e. The van der Waals surface area contributed by atoms with Crippen molar-refractivity contribution in [3.05, 3.63) is 0 Å². The molecule has 0 saturated heterocycles. The maximum Gasteiger partial charge on any atom is 0.673 e. The van der Waals surface area contributed by atoms with Gasteiger partial charge in [-0.15, -0.1) is 0 Å². The van der Waals surface area contributed by atoms with E-state index in [0.29, 0.717) is 0 Å². The molecule has 0 aromatic rings. The van der Waals surface area contributed by atoms with Crippen molar-refractivity contribution >= 4 is 38.9 Å². The highest BCUT2D eigenvalue weighted by Crippen LogP contribution is 2.20. The van der Waals surface area contributed by atoms with Crippen LogP contribution >= 0.6 is 27.7 Å². The first-order chi connectivity index (χ1) is 6.25. The van der Waals surface area contributed by atoms with Gasteiger partial charge in [0.25, 0.3) is 3.95 Å². The number of hydrogen-bond donors (Lipinski definition) is 0. The van der Waals surface area contributed by atoms with Crippen molar-refractivity contribution in [2.45, 2.75) is 19.9 Å². The minimum atomic E-state index is -6.00. The zero-order chi connectivity index (χ0) is 11.4. The Bertz CT molecular complexity index is 214. The van der Waals surface area contributed by atoms with Crippen molar-refractivity contribution in [1.82, 2.24) is 0 Å². The Hall–Kier alpha value is 0.285. The van der Waals surface area contributed by atoms with E-state index < -0.39 is 7.25 Å². The van der Waals surface area contributed by atoms with Crippen LogP contribution in [0.1, 0.15) is 13.8 Å². The van der Waals surface area contributed by atoms with Crippen LogP contribution in [0.3, 0.4) is 0 Å². The molecule has 1 rings (SSSR count). The molecule has 0 aromatic carbocycles. The van der Waals surface area contributed by atoms with Gasteiger partial charge >= 0.3 is 7.25 Å². The van der Waals surface area contributed by atoms with Gasteiger partial charge in [0.2, 0.25) is 0 Å². The van der Waals surface area contributed by atoms with Gasteiger partial charge in [0.15, 0.2) is 6.04 Å². The van der Waals surface area contributed by atoms with Gasteiger partial charge in [0.05, 0.1) is 5.75 Å². The summed E-state index contributed by atoms with van der Waals surface area (Å²) in [6.45, 7) is 5.56. The van der Waals surface area contributed by atoms with Crippen LogP contribution in [0.25, 0.3) is 0 Å². The SMILES string of the molecule is CC[N+]1=C(Br)SCC1C.F[B-](F)(F)F. The lowest BCUT2D eigenvalue weighted by atomic mass is 10.3. The summed E-state index contributed by atoms with van der Waals surface area (Å²) in [5, 5.41) is 0. The quantitative estimate of drug-likeness (QED) is 0.408. The third-order valence-electron chi connectivity index (χ3n) is 1.54. The third kappa shape index (κ3) is 6.70. The maximum atomic E-state index is 9.75. The van der Waals surface area contributed by atoms with Gasteiger partial charge in [-0.05, 0) is 25.6 Å². The van der Waals surface area contributed by atoms with E-state index in [9.17, 15) is 17.3 Å². The Balaban J connectivity index is 0.000000292. The molecule has 0 amide bonds. The van der Waals surface area contributed by atoms with E-state index in [4.69, 9.17) is 0 Å². The summed E-state index contributed by atoms with van der Waals surface area (Å²) >= 11 is 5.41. The van der Waals surface area contributed by atoms with E-state index in [1.54, 1.807) is 0 Å². The predicted octanol–water partition coefficient (Wildman–Crippen LogP) is 3.21. The lowest BCUT2D eigenvalue weighted by Gasteiger charge is -1.98.